The third-order valence-electron chi connectivity index (χ3n) is 3.16. The number of hydrogen-bond acceptors (Lipinski definition) is 6. The zero-order valence-electron chi connectivity index (χ0n) is 13.1. The summed E-state index contributed by atoms with van der Waals surface area (Å²) in [5.74, 6) is -0.524. The molecule has 0 heterocycles. The van der Waals surface area contributed by atoms with Crippen LogP contribution in [0.1, 0.15) is 17.3 Å². The third kappa shape index (κ3) is 4.77. The molecule has 0 aliphatic rings. The van der Waals surface area contributed by atoms with Crippen molar-refractivity contribution >= 4 is 16.0 Å². The number of nitrogens with one attached hydrogen (secondary N) is 1. The molecular formula is C14H21NO6S. The van der Waals surface area contributed by atoms with E-state index in [1.165, 1.54) is 45.6 Å². The Morgan fingerprint density at radius 2 is 1.77 bits per heavy atom. The van der Waals surface area contributed by atoms with Gasteiger partial charge in [0.25, 0.3) is 0 Å². The Hall–Kier alpha value is -1.48. The predicted molar refractivity (Wildman–Crippen MR) is 80.3 cm³/mol. The Bertz CT molecular complexity index is 598. The fourth-order valence-corrected chi connectivity index (χ4v) is 2.86. The Morgan fingerprint density at radius 1 is 1.18 bits per heavy atom. The lowest BCUT2D eigenvalue weighted by atomic mass is 10.1. The van der Waals surface area contributed by atoms with Gasteiger partial charge >= 0.3 is 5.97 Å². The molecule has 1 aromatic rings. The van der Waals surface area contributed by atoms with Crippen LogP contribution in [0.2, 0.25) is 0 Å². The molecule has 0 unspecified atom stereocenters. The van der Waals surface area contributed by atoms with Crippen LogP contribution in [0.15, 0.2) is 29.2 Å². The third-order valence-corrected chi connectivity index (χ3v) is 4.58. The summed E-state index contributed by atoms with van der Waals surface area (Å²) in [7, 11) is 0.547. The van der Waals surface area contributed by atoms with Gasteiger partial charge in [0.15, 0.2) is 0 Å². The molecule has 0 saturated heterocycles. The number of ether oxygens (including phenoxy) is 3. The summed E-state index contributed by atoms with van der Waals surface area (Å²) in [5.41, 5.74) is -0.490. The van der Waals surface area contributed by atoms with Gasteiger partial charge in [-0.05, 0) is 31.2 Å². The minimum Gasteiger partial charge on any atom is -0.465 e. The lowest BCUT2D eigenvalue weighted by Crippen LogP contribution is -2.45. The Balaban J connectivity index is 2.84. The highest BCUT2D eigenvalue weighted by molar-refractivity contribution is 7.89. The number of carbonyl (C=O) groups is 1. The number of esters is 1. The van der Waals surface area contributed by atoms with Crippen molar-refractivity contribution in [2.45, 2.75) is 17.4 Å². The molecule has 0 radical (unpaired) electrons. The lowest BCUT2D eigenvalue weighted by molar-refractivity contribution is -0.0460. The highest BCUT2D eigenvalue weighted by Gasteiger charge is 2.26. The minimum atomic E-state index is -3.71. The first-order valence-corrected chi connectivity index (χ1v) is 7.98. The van der Waals surface area contributed by atoms with Gasteiger partial charge in [-0.15, -0.1) is 0 Å². The van der Waals surface area contributed by atoms with Crippen LogP contribution >= 0.6 is 0 Å². The maximum absolute atomic E-state index is 12.2. The molecule has 0 spiro atoms. The molecule has 1 N–H and O–H groups in total. The number of carbonyl (C=O) groups excluding carboxylic acids is 1. The fourth-order valence-electron chi connectivity index (χ4n) is 1.71. The molecule has 0 amide bonds. The van der Waals surface area contributed by atoms with Gasteiger partial charge in [0.1, 0.15) is 5.60 Å². The van der Waals surface area contributed by atoms with Crippen LogP contribution in [0.25, 0.3) is 0 Å². The monoisotopic (exact) mass is 331 g/mol. The van der Waals surface area contributed by atoms with Gasteiger partial charge < -0.3 is 14.2 Å². The van der Waals surface area contributed by atoms with E-state index in [9.17, 15) is 13.2 Å². The van der Waals surface area contributed by atoms with Crippen molar-refractivity contribution in [2.24, 2.45) is 0 Å². The van der Waals surface area contributed by atoms with Crippen LogP contribution in [0.5, 0.6) is 0 Å². The molecule has 0 aromatic heterocycles. The standard InChI is InChI=1S/C14H21NO6S/c1-14(21-4,10-19-2)9-15-22(17,18)12-7-5-11(6-8-12)13(16)20-3/h5-8,15H,9-10H2,1-4H3/t14-/m0/s1. The van der Waals surface area contributed by atoms with Crippen molar-refractivity contribution in [3.8, 4) is 0 Å². The zero-order valence-corrected chi connectivity index (χ0v) is 13.9. The van der Waals surface area contributed by atoms with Crippen LogP contribution in [-0.2, 0) is 24.2 Å². The van der Waals surface area contributed by atoms with E-state index in [2.05, 4.69) is 9.46 Å². The summed E-state index contributed by atoms with van der Waals surface area (Å²) >= 11 is 0. The van der Waals surface area contributed by atoms with Crippen LogP contribution in [0.4, 0.5) is 0 Å². The molecule has 0 aliphatic heterocycles. The molecule has 0 saturated carbocycles. The van der Waals surface area contributed by atoms with Crippen molar-refractivity contribution < 1.29 is 27.4 Å². The summed E-state index contributed by atoms with van der Waals surface area (Å²) in [4.78, 5) is 11.4. The number of rotatable bonds is 8. The van der Waals surface area contributed by atoms with Crippen LogP contribution in [-0.4, -0.2) is 54.5 Å². The molecule has 0 bridgehead atoms. The average molecular weight is 331 g/mol. The molecule has 0 fully saturated rings. The van der Waals surface area contributed by atoms with Gasteiger partial charge in [-0.2, -0.15) is 0 Å². The first-order chi connectivity index (χ1) is 10.3. The van der Waals surface area contributed by atoms with Crippen LogP contribution in [0.3, 0.4) is 0 Å². The highest BCUT2D eigenvalue weighted by atomic mass is 32.2. The average Bonchev–Trinajstić information content (AvgIpc) is 2.53. The number of sulfonamides is 1. The van der Waals surface area contributed by atoms with E-state index in [-0.39, 0.29) is 23.6 Å². The zero-order chi connectivity index (χ0) is 16.8. The topological polar surface area (TPSA) is 90.9 Å². The number of hydrogen-bond donors (Lipinski definition) is 1. The molecule has 0 aliphatic carbocycles. The maximum Gasteiger partial charge on any atom is 0.337 e. The smallest absolute Gasteiger partial charge is 0.337 e. The van der Waals surface area contributed by atoms with Gasteiger partial charge in [-0.1, -0.05) is 0 Å². The second kappa shape index (κ2) is 7.68. The second-order valence-electron chi connectivity index (χ2n) is 4.93. The van der Waals surface area contributed by atoms with Crippen molar-refractivity contribution in [1.82, 2.24) is 4.72 Å². The SMILES string of the molecule is COC[C@](C)(CNS(=O)(=O)c1ccc(C(=O)OC)cc1)OC. The van der Waals surface area contributed by atoms with Crippen molar-refractivity contribution in [1.29, 1.82) is 0 Å². The lowest BCUT2D eigenvalue weighted by Gasteiger charge is -2.27. The van der Waals surface area contributed by atoms with Gasteiger partial charge in [-0.25, -0.2) is 17.9 Å². The van der Waals surface area contributed by atoms with Crippen LogP contribution < -0.4 is 4.72 Å². The summed E-state index contributed by atoms with van der Waals surface area (Å²) < 4.78 is 41.8. The van der Waals surface area contributed by atoms with Gasteiger partial charge in [0.05, 0.1) is 24.2 Å². The van der Waals surface area contributed by atoms with E-state index in [4.69, 9.17) is 9.47 Å². The molecule has 8 heteroatoms. The number of methoxy groups -OCH3 is 3. The molecule has 22 heavy (non-hydrogen) atoms. The van der Waals surface area contributed by atoms with E-state index >= 15 is 0 Å². The molecule has 1 rings (SSSR count). The van der Waals surface area contributed by atoms with E-state index in [0.29, 0.717) is 0 Å². The highest BCUT2D eigenvalue weighted by Crippen LogP contribution is 2.14. The number of benzene rings is 1. The second-order valence-corrected chi connectivity index (χ2v) is 6.69. The fraction of sp³-hybridized carbons (Fsp3) is 0.500. The van der Waals surface area contributed by atoms with Gasteiger partial charge in [-0.3, -0.25) is 0 Å². The van der Waals surface area contributed by atoms with Crippen LogP contribution in [0, 0.1) is 0 Å². The van der Waals surface area contributed by atoms with Gasteiger partial charge in [0, 0.05) is 20.8 Å². The van der Waals surface area contributed by atoms with E-state index in [0.717, 1.165) is 0 Å². The Kier molecular flexibility index (Phi) is 6.48. The quantitative estimate of drug-likeness (QED) is 0.709. The molecule has 7 nitrogen and oxygen atoms in total. The Labute approximate surface area is 130 Å². The Morgan fingerprint density at radius 3 is 2.23 bits per heavy atom. The van der Waals surface area contributed by atoms with E-state index in [1.807, 2.05) is 0 Å². The normalized spacial score (nSPS) is 14.4. The predicted octanol–water partition coefficient (Wildman–Crippen LogP) is 0.803. The first-order valence-electron chi connectivity index (χ1n) is 6.50. The van der Waals surface area contributed by atoms with E-state index < -0.39 is 21.6 Å². The largest absolute Gasteiger partial charge is 0.465 e. The summed E-state index contributed by atoms with van der Waals surface area (Å²) in [6, 6.07) is 5.47. The molecular weight excluding hydrogens is 310 g/mol. The minimum absolute atomic E-state index is 0.0519. The van der Waals surface area contributed by atoms with E-state index in [1.54, 1.807) is 6.92 Å². The summed E-state index contributed by atoms with van der Waals surface area (Å²) in [6.45, 7) is 2.03. The first kappa shape index (κ1) is 18.6. The van der Waals surface area contributed by atoms with Gasteiger partial charge in [0.2, 0.25) is 10.0 Å². The summed E-state index contributed by atoms with van der Waals surface area (Å²) in [5, 5.41) is 0. The van der Waals surface area contributed by atoms with Crippen molar-refractivity contribution in [3.05, 3.63) is 29.8 Å². The van der Waals surface area contributed by atoms with Crippen molar-refractivity contribution in [2.75, 3.05) is 34.5 Å². The molecule has 1 atom stereocenters. The molecule has 1 aromatic carbocycles. The molecule has 124 valence electrons. The summed E-state index contributed by atoms with van der Waals surface area (Å²) in [6.07, 6.45) is 0. The maximum atomic E-state index is 12.2. The van der Waals surface area contributed by atoms with Crippen molar-refractivity contribution in [3.63, 3.8) is 0 Å².